The summed E-state index contributed by atoms with van der Waals surface area (Å²) in [5, 5.41) is 6.43. The molecule has 0 bridgehead atoms. The molecule has 0 amide bonds. The summed E-state index contributed by atoms with van der Waals surface area (Å²) < 4.78 is 36.8. The largest absolute Gasteiger partial charge is 0.334 e. The van der Waals surface area contributed by atoms with Gasteiger partial charge in [-0.25, -0.2) is 9.71 Å². The molecule has 13 heavy (non-hydrogen) atoms. The number of nitrogens with zero attached hydrogens (tertiary/aromatic N) is 1. The summed E-state index contributed by atoms with van der Waals surface area (Å²) in [6.45, 7) is -0.976. The van der Waals surface area contributed by atoms with Gasteiger partial charge in [0.2, 0.25) is 5.78 Å². The van der Waals surface area contributed by atoms with Crippen LogP contribution in [0.25, 0.3) is 0 Å². The van der Waals surface area contributed by atoms with Crippen molar-refractivity contribution in [2.45, 2.75) is 12.0 Å². The highest BCUT2D eigenvalue weighted by atomic mass is 19.3. The van der Waals surface area contributed by atoms with E-state index >= 15 is 0 Å². The quantitative estimate of drug-likeness (QED) is 0.674. The summed E-state index contributed by atoms with van der Waals surface area (Å²) in [5.41, 5.74) is 0. The number of rotatable bonds is 3. The number of Topliss-reactive ketones (excluding diaryl/α,β-unsaturated/α-hetero) is 1. The third-order valence-electron chi connectivity index (χ3n) is 1.81. The molecule has 0 saturated carbocycles. The van der Waals surface area contributed by atoms with Crippen LogP contribution in [0.3, 0.4) is 0 Å². The zero-order valence-electron chi connectivity index (χ0n) is 6.90. The van der Waals surface area contributed by atoms with Crippen molar-refractivity contribution in [3.05, 3.63) is 0 Å². The van der Waals surface area contributed by atoms with Crippen molar-refractivity contribution >= 4 is 5.78 Å². The van der Waals surface area contributed by atoms with Crippen LogP contribution in [0.1, 0.15) is 0 Å². The number of piperazine rings is 1. The molecular weight excluding hydrogens is 185 g/mol. The fourth-order valence-electron chi connectivity index (χ4n) is 1.09. The normalized spacial score (nSPS) is 24.4. The number of nitrogens with one attached hydrogen (secondary N) is 1. The van der Waals surface area contributed by atoms with Gasteiger partial charge in [0, 0.05) is 19.6 Å². The second-order valence-corrected chi connectivity index (χ2v) is 2.83. The molecule has 75 valence electrons. The molecule has 1 radical (unpaired) electrons. The minimum Gasteiger partial charge on any atom is -0.313 e. The maximum absolute atomic E-state index is 12.5. The van der Waals surface area contributed by atoms with E-state index in [4.69, 9.17) is 0 Å². The van der Waals surface area contributed by atoms with Crippen molar-refractivity contribution in [1.82, 2.24) is 10.6 Å². The monoisotopic (exact) mass is 195 g/mol. The molecule has 1 heterocycles. The first-order chi connectivity index (χ1) is 6.08. The van der Waals surface area contributed by atoms with E-state index in [0.29, 0.717) is 13.1 Å². The van der Waals surface area contributed by atoms with Gasteiger partial charge in [-0.3, -0.25) is 4.79 Å². The van der Waals surface area contributed by atoms with Crippen LogP contribution in [0.2, 0.25) is 0 Å². The van der Waals surface area contributed by atoms with Gasteiger partial charge in [0.05, 0.1) is 0 Å². The first kappa shape index (κ1) is 10.5. The highest BCUT2D eigenvalue weighted by Crippen LogP contribution is 2.17. The molecule has 0 aliphatic carbocycles. The third-order valence-corrected chi connectivity index (χ3v) is 1.81. The third kappa shape index (κ3) is 2.41. The van der Waals surface area contributed by atoms with Gasteiger partial charge in [0.25, 0.3) is 0 Å². The number of hydrogen-bond donors (Lipinski definition) is 1. The molecule has 1 aliphatic heterocycles. The number of hydrogen-bond acceptors (Lipinski definition) is 2. The lowest BCUT2D eigenvalue weighted by Crippen LogP contribution is -2.53. The van der Waals surface area contributed by atoms with Gasteiger partial charge in [0.1, 0.15) is 6.04 Å². The molecule has 0 aromatic carbocycles. The Kier molecular flexibility index (Phi) is 3.27. The van der Waals surface area contributed by atoms with Gasteiger partial charge in [-0.1, -0.05) is 0 Å². The lowest BCUT2D eigenvalue weighted by molar-refractivity contribution is -0.147. The van der Waals surface area contributed by atoms with Gasteiger partial charge in [-0.15, -0.1) is 0 Å². The van der Waals surface area contributed by atoms with Crippen LogP contribution in [-0.4, -0.2) is 44.1 Å². The molecule has 3 nitrogen and oxygen atoms in total. The smallest absolute Gasteiger partial charge is 0.313 e. The van der Waals surface area contributed by atoms with E-state index in [1.807, 2.05) is 0 Å². The minimum atomic E-state index is -3.88. The van der Waals surface area contributed by atoms with Crippen LogP contribution in [0.5, 0.6) is 0 Å². The Bertz CT molecular complexity index is 192. The number of halogens is 3. The molecule has 1 N–H and O–H groups in total. The predicted octanol–water partition coefficient (Wildman–Crippen LogP) is -0.264. The molecule has 0 aromatic rings. The van der Waals surface area contributed by atoms with Crippen molar-refractivity contribution in [3.8, 4) is 0 Å². The average Bonchev–Trinajstić information content (AvgIpc) is 2.18. The molecule has 1 rings (SSSR count). The Morgan fingerprint density at radius 2 is 2.31 bits per heavy atom. The number of carbonyl (C=O) groups is 1. The zero-order valence-corrected chi connectivity index (χ0v) is 6.90. The lowest BCUT2D eigenvalue weighted by atomic mass is 10.1. The van der Waals surface area contributed by atoms with E-state index < -0.39 is 24.4 Å². The summed E-state index contributed by atoms with van der Waals surface area (Å²) in [6.07, 6.45) is 0. The Balaban J connectivity index is 2.55. The maximum Gasteiger partial charge on any atom is 0.334 e. The van der Waals surface area contributed by atoms with E-state index in [-0.39, 0.29) is 6.54 Å². The molecule has 1 unspecified atom stereocenters. The Labute approximate surface area is 73.7 Å². The number of alkyl halides is 3. The standard InChI is InChI=1S/C7H10F3N2O/c8-4-7(9,10)6(13)5-3-11-1-2-12-5/h5,11H,1-4H2. The van der Waals surface area contributed by atoms with Crippen LogP contribution >= 0.6 is 0 Å². The van der Waals surface area contributed by atoms with Gasteiger partial charge in [0.15, 0.2) is 6.67 Å². The molecule has 6 heteroatoms. The average molecular weight is 195 g/mol. The molecule has 1 fully saturated rings. The van der Waals surface area contributed by atoms with Gasteiger partial charge in [-0.05, 0) is 0 Å². The van der Waals surface area contributed by atoms with Crippen LogP contribution in [0.4, 0.5) is 13.2 Å². The molecular formula is C7H10F3N2O. The first-order valence-electron chi connectivity index (χ1n) is 3.93. The van der Waals surface area contributed by atoms with Crippen LogP contribution in [-0.2, 0) is 4.79 Å². The Morgan fingerprint density at radius 1 is 1.62 bits per heavy atom. The van der Waals surface area contributed by atoms with Crippen molar-refractivity contribution in [2.24, 2.45) is 0 Å². The summed E-state index contributed by atoms with van der Waals surface area (Å²) in [4.78, 5) is 10.9. The molecule has 1 saturated heterocycles. The Hall–Kier alpha value is -0.620. The van der Waals surface area contributed by atoms with E-state index in [1.54, 1.807) is 0 Å². The van der Waals surface area contributed by atoms with Crippen molar-refractivity contribution in [1.29, 1.82) is 0 Å². The molecule has 0 spiro atoms. The van der Waals surface area contributed by atoms with Crippen molar-refractivity contribution < 1.29 is 18.0 Å². The fourth-order valence-corrected chi connectivity index (χ4v) is 1.09. The fraction of sp³-hybridized carbons (Fsp3) is 0.857. The second kappa shape index (κ2) is 4.06. The highest BCUT2D eigenvalue weighted by molar-refractivity contribution is 5.90. The van der Waals surface area contributed by atoms with Gasteiger partial charge < -0.3 is 5.32 Å². The van der Waals surface area contributed by atoms with Crippen molar-refractivity contribution in [3.63, 3.8) is 0 Å². The summed E-state index contributed by atoms with van der Waals surface area (Å²) >= 11 is 0. The highest BCUT2D eigenvalue weighted by Gasteiger charge is 2.43. The SMILES string of the molecule is O=C(C1CNCC[N]1)C(F)(F)CF. The number of carbonyl (C=O) groups excluding carboxylic acids is 1. The molecule has 1 atom stereocenters. The minimum absolute atomic E-state index is 0.0778. The molecule has 0 aromatic heterocycles. The van der Waals surface area contributed by atoms with Crippen molar-refractivity contribution in [2.75, 3.05) is 26.3 Å². The summed E-state index contributed by atoms with van der Waals surface area (Å²) in [5.74, 6) is -5.31. The van der Waals surface area contributed by atoms with Gasteiger partial charge >= 0.3 is 5.92 Å². The predicted molar refractivity (Wildman–Crippen MR) is 39.6 cm³/mol. The number of ketones is 1. The van der Waals surface area contributed by atoms with Gasteiger partial charge in [-0.2, -0.15) is 8.78 Å². The van der Waals surface area contributed by atoms with E-state index in [2.05, 4.69) is 10.6 Å². The topological polar surface area (TPSA) is 43.2 Å². The summed E-state index contributed by atoms with van der Waals surface area (Å²) in [7, 11) is 0. The second-order valence-electron chi connectivity index (χ2n) is 2.83. The maximum atomic E-state index is 12.5. The van der Waals surface area contributed by atoms with Crippen LogP contribution in [0, 0.1) is 0 Å². The van der Waals surface area contributed by atoms with Crippen LogP contribution in [0.15, 0.2) is 0 Å². The zero-order chi connectivity index (χ0) is 9.90. The summed E-state index contributed by atoms with van der Waals surface area (Å²) in [6, 6.07) is -1.10. The van der Waals surface area contributed by atoms with E-state index in [9.17, 15) is 18.0 Å². The van der Waals surface area contributed by atoms with Crippen LogP contribution < -0.4 is 10.6 Å². The Morgan fingerprint density at radius 3 is 2.77 bits per heavy atom. The van der Waals surface area contributed by atoms with E-state index in [1.165, 1.54) is 0 Å². The molecule has 1 aliphatic rings. The lowest BCUT2D eigenvalue weighted by Gasteiger charge is -2.24. The van der Waals surface area contributed by atoms with E-state index in [0.717, 1.165) is 0 Å². The first-order valence-corrected chi connectivity index (χ1v) is 3.93.